The van der Waals surface area contributed by atoms with Gasteiger partial charge in [0, 0.05) is 136 Å². The van der Waals surface area contributed by atoms with Gasteiger partial charge in [0.15, 0.2) is 19.0 Å². The minimum atomic E-state index is -1.60. The Balaban J connectivity index is 0.0000259. The molecule has 0 saturated carbocycles. The molecule has 404 valence electrons. The molecule has 2 fully saturated rings. The average molecular weight is 1060 g/mol. The number of carbonyl (C=O) groups excluding carboxylic acids is 8. The Bertz CT molecular complexity index is 1700. The van der Waals surface area contributed by atoms with E-state index in [0.717, 1.165) is 9.80 Å². The van der Waals surface area contributed by atoms with Gasteiger partial charge in [-0.3, -0.25) is 44.7 Å². The number of carboxylic acids is 8. The first-order valence-electron chi connectivity index (χ1n) is 23.1. The monoisotopic (exact) mass is 1060 g/mol. The van der Waals surface area contributed by atoms with E-state index in [9.17, 15) is 79.2 Å². The minimum absolute atomic E-state index is 0. The summed E-state index contributed by atoms with van der Waals surface area (Å²) in [6.07, 6.45) is 5.52. The van der Waals surface area contributed by atoms with Gasteiger partial charge in [0.05, 0.1) is 61.1 Å². The van der Waals surface area contributed by atoms with Crippen molar-refractivity contribution in [2.45, 2.75) is 75.1 Å². The molecular formula is C43H65N9Na2O19-6. The zero-order valence-corrected chi connectivity index (χ0v) is 46.1. The van der Waals surface area contributed by atoms with E-state index in [-0.39, 0.29) is 144 Å². The first kappa shape index (κ1) is 69.4. The largest absolute Gasteiger partial charge is 1.00 e. The van der Waals surface area contributed by atoms with Crippen LogP contribution in [0, 0.1) is 0 Å². The van der Waals surface area contributed by atoms with Gasteiger partial charge in [-0.15, -0.1) is 0 Å². The molecule has 0 spiro atoms. The Morgan fingerprint density at radius 3 is 1.29 bits per heavy atom. The number of nitrogens with one attached hydrogen (secondary N) is 1. The molecular weight excluding hydrogens is 992 g/mol. The standard InChI is InChI=1S/C43H73N9O19.2Na/c1-44-30-71-33(46-32-70-17-7-4-10-43(52(24-40(65)66)25-41(67)68)28-49(20-36(57)58)14-15-50(29-43)21-37(59)60)8-2-5-11-45-31-69-16-6-3-9-42(51(22-38(61)62)23-39(63)64)26-47(18-34(53)54)12-13-48(27-42)19-35(55)56;;/h30-31,33,46H,2-29,32H2,1H3,(H,53,54)(H,55,56)(H,57,58)(H,59,60)(H,61,62)(H,63,64)(H,65,66)(H,67,68);;/q;2*+1/p-8/t33-;;/m1../s1. The van der Waals surface area contributed by atoms with Crippen molar-refractivity contribution < 1.29 is 153 Å². The second-order valence-electron chi connectivity index (χ2n) is 17.5. The van der Waals surface area contributed by atoms with Gasteiger partial charge in [0.2, 0.25) is 0 Å². The fourth-order valence-corrected chi connectivity index (χ4v) is 8.92. The molecule has 0 aromatic rings. The normalized spacial score (nSPS) is 17.0. The number of carboxylic acid groups (broad SMARTS) is 8. The number of ether oxygens (including phenoxy) is 3. The molecule has 1 atom stereocenters. The number of unbranched alkanes of at least 4 members (excludes halogenated alkanes) is 3. The van der Waals surface area contributed by atoms with Gasteiger partial charge in [-0.1, -0.05) is 0 Å². The van der Waals surface area contributed by atoms with Crippen LogP contribution in [0.25, 0.3) is 0 Å². The molecule has 28 nitrogen and oxygen atoms in total. The summed E-state index contributed by atoms with van der Waals surface area (Å²) in [5.74, 6) is -12.1. The van der Waals surface area contributed by atoms with Crippen molar-refractivity contribution in [3.8, 4) is 0 Å². The summed E-state index contributed by atoms with van der Waals surface area (Å²) < 4.78 is 16.9. The second kappa shape index (κ2) is 38.0. The Labute approximate surface area is 468 Å². The zero-order valence-electron chi connectivity index (χ0n) is 42.1. The van der Waals surface area contributed by atoms with Crippen LogP contribution in [0.2, 0.25) is 0 Å². The van der Waals surface area contributed by atoms with E-state index in [2.05, 4.69) is 15.3 Å². The van der Waals surface area contributed by atoms with Crippen molar-refractivity contribution >= 4 is 60.6 Å². The quantitative estimate of drug-likeness (QED) is 0.0196. The predicted octanol–water partition coefficient (Wildman–Crippen LogP) is -18.6. The number of rotatable bonds is 39. The number of aliphatic imine (C=N–C) groups is 2. The van der Waals surface area contributed by atoms with Crippen LogP contribution in [0.15, 0.2) is 9.98 Å². The van der Waals surface area contributed by atoms with Crippen LogP contribution in [-0.2, 0) is 52.6 Å². The molecule has 0 aromatic carbocycles. The number of carbonyl (C=O) groups is 8. The molecule has 0 bridgehead atoms. The Morgan fingerprint density at radius 1 is 0.548 bits per heavy atom. The van der Waals surface area contributed by atoms with E-state index in [1.807, 2.05) is 0 Å². The maximum atomic E-state index is 11.8. The number of hydrogen-bond donors (Lipinski definition) is 1. The van der Waals surface area contributed by atoms with Crippen molar-refractivity contribution in [3.63, 3.8) is 0 Å². The number of aliphatic carboxylic acids is 8. The van der Waals surface area contributed by atoms with E-state index in [1.54, 1.807) is 0 Å². The molecule has 2 rings (SSSR count). The molecule has 2 heterocycles. The third-order valence-electron chi connectivity index (χ3n) is 11.8. The topological polar surface area (TPSA) is 405 Å². The van der Waals surface area contributed by atoms with Crippen LogP contribution >= 0.6 is 0 Å². The zero-order chi connectivity index (χ0) is 52.8. The van der Waals surface area contributed by atoms with Crippen molar-refractivity contribution in [2.75, 3.05) is 138 Å². The van der Waals surface area contributed by atoms with E-state index < -0.39 is 117 Å². The summed E-state index contributed by atoms with van der Waals surface area (Å²) >= 11 is 0. The maximum absolute atomic E-state index is 11.8. The van der Waals surface area contributed by atoms with Gasteiger partial charge < -0.3 is 93.4 Å². The van der Waals surface area contributed by atoms with Crippen LogP contribution in [0.3, 0.4) is 0 Å². The van der Waals surface area contributed by atoms with E-state index in [0.29, 0.717) is 51.5 Å². The van der Waals surface area contributed by atoms with Crippen molar-refractivity contribution in [1.82, 2.24) is 34.7 Å². The van der Waals surface area contributed by atoms with Crippen molar-refractivity contribution in [2.24, 2.45) is 9.98 Å². The molecule has 30 heteroatoms. The summed E-state index contributed by atoms with van der Waals surface area (Å²) in [6.45, 7) is -4.97. The first-order valence-corrected chi connectivity index (χ1v) is 23.1. The molecule has 2 saturated heterocycles. The van der Waals surface area contributed by atoms with E-state index in [1.165, 1.54) is 39.4 Å². The smallest absolute Gasteiger partial charge is 0.549 e. The predicted molar refractivity (Wildman–Crippen MR) is 229 cm³/mol. The maximum Gasteiger partial charge on any atom is 1.00 e. The van der Waals surface area contributed by atoms with Crippen LogP contribution in [0.5, 0.6) is 0 Å². The van der Waals surface area contributed by atoms with Gasteiger partial charge in [0.1, 0.15) is 0 Å². The SMILES string of the molecule is CN=CO[C@H](CCCCN=COCCCCC1(N(CC(=O)[O-])CC(=O)[O-])CN(CC(=O)[O-])CCN(CC(=O)[O-])C1)NCOCCCCC1(N(CC(=O)[O-])CC(=O)[O-])CN(CC(=O)[O-])CCN(CC(=O)[O-])C1.[Na+].[Na+]. The molecule has 0 radical (unpaired) electrons. The molecule has 0 aromatic heterocycles. The summed E-state index contributed by atoms with van der Waals surface area (Å²) in [4.78, 5) is 109. The van der Waals surface area contributed by atoms with Crippen LogP contribution in [-0.4, -0.2) is 246 Å². The summed E-state index contributed by atoms with van der Waals surface area (Å²) in [5.41, 5.74) is -2.70. The van der Waals surface area contributed by atoms with E-state index >= 15 is 0 Å². The van der Waals surface area contributed by atoms with Gasteiger partial charge >= 0.3 is 59.1 Å². The molecule has 0 aliphatic carbocycles. The van der Waals surface area contributed by atoms with Crippen LogP contribution in [0.1, 0.15) is 57.8 Å². The summed E-state index contributed by atoms with van der Waals surface area (Å²) in [7, 11) is 1.53. The first-order chi connectivity index (χ1) is 33.7. The fourth-order valence-electron chi connectivity index (χ4n) is 8.92. The Kier molecular flexibility index (Phi) is 36.1. The summed E-state index contributed by atoms with van der Waals surface area (Å²) in [6, 6.07) is 0. The van der Waals surface area contributed by atoms with Crippen molar-refractivity contribution in [1.29, 1.82) is 0 Å². The fraction of sp³-hybridized carbons (Fsp3) is 0.767. The third kappa shape index (κ3) is 29.9. The molecule has 73 heavy (non-hydrogen) atoms. The van der Waals surface area contributed by atoms with Crippen LogP contribution < -0.4 is 105 Å². The number of hydrogen-bond acceptors (Lipinski definition) is 28. The van der Waals surface area contributed by atoms with Gasteiger partial charge in [0.25, 0.3) is 0 Å². The second-order valence-corrected chi connectivity index (χ2v) is 17.5. The van der Waals surface area contributed by atoms with Crippen LogP contribution in [0.4, 0.5) is 0 Å². The molecule has 0 amide bonds. The molecule has 2 aliphatic rings. The molecule has 0 unspecified atom stereocenters. The molecule has 1 N–H and O–H groups in total. The van der Waals surface area contributed by atoms with Crippen molar-refractivity contribution in [3.05, 3.63) is 0 Å². The van der Waals surface area contributed by atoms with Gasteiger partial charge in [-0.05, 0) is 57.8 Å². The molecule has 2 aliphatic heterocycles. The van der Waals surface area contributed by atoms with E-state index in [4.69, 9.17) is 14.2 Å². The number of nitrogens with zero attached hydrogens (tertiary/aromatic N) is 8. The third-order valence-corrected chi connectivity index (χ3v) is 11.8. The van der Waals surface area contributed by atoms with Gasteiger partial charge in [-0.25, -0.2) is 0 Å². The minimum Gasteiger partial charge on any atom is -0.549 e. The Morgan fingerprint density at radius 2 is 0.932 bits per heavy atom. The Hall–Kier alpha value is -3.62. The van der Waals surface area contributed by atoms with Gasteiger partial charge in [-0.2, -0.15) is 0 Å². The summed E-state index contributed by atoms with van der Waals surface area (Å²) in [5, 5.41) is 96.3. The average Bonchev–Trinajstić information content (AvgIpc) is 3.53.